The molecule has 0 fully saturated rings. The number of rotatable bonds is 3. The van der Waals surface area contributed by atoms with Gasteiger partial charge in [-0.2, -0.15) is 0 Å². The fourth-order valence-corrected chi connectivity index (χ4v) is 11.6. The van der Waals surface area contributed by atoms with Crippen LogP contribution in [0.3, 0.4) is 0 Å². The fraction of sp³-hybridized carbons (Fsp3) is 0.100. The second-order valence-electron chi connectivity index (χ2n) is 18.4. The highest BCUT2D eigenvalue weighted by atomic mass is 15.0. The molecule has 1 heterocycles. The minimum atomic E-state index is -0.103. The Kier molecular flexibility index (Phi) is 6.91. The van der Waals surface area contributed by atoms with Crippen LogP contribution in [0.15, 0.2) is 188 Å². The Bertz CT molecular complexity index is 3500. The largest absolute Gasteiger partial charge is 0.309 e. The summed E-state index contributed by atoms with van der Waals surface area (Å²) in [6, 6.07) is 71.0. The van der Waals surface area contributed by atoms with Gasteiger partial charge in [-0.3, -0.25) is 0 Å². The van der Waals surface area contributed by atoms with E-state index in [2.05, 4.69) is 220 Å². The molecule has 1 heteroatoms. The molecule has 11 aromatic rings. The van der Waals surface area contributed by atoms with Crippen molar-refractivity contribution in [3.63, 3.8) is 0 Å². The summed E-state index contributed by atoms with van der Waals surface area (Å²) < 4.78 is 2.55. The predicted octanol–water partition coefficient (Wildman–Crippen LogP) is 16.2. The van der Waals surface area contributed by atoms with E-state index in [1.165, 1.54) is 127 Å². The van der Waals surface area contributed by atoms with Gasteiger partial charge >= 0.3 is 0 Å². The van der Waals surface area contributed by atoms with E-state index in [1.807, 2.05) is 0 Å². The molecule has 0 N–H and O–H groups in total. The average molecular weight is 778 g/mol. The molecule has 2 aliphatic rings. The smallest absolute Gasteiger partial charge is 0.0544 e. The number of hydrogen-bond acceptors (Lipinski definition) is 0. The monoisotopic (exact) mass is 777 g/mol. The van der Waals surface area contributed by atoms with Gasteiger partial charge in [0.15, 0.2) is 0 Å². The van der Waals surface area contributed by atoms with Crippen molar-refractivity contribution in [2.45, 2.75) is 38.5 Å². The minimum absolute atomic E-state index is 0.103. The molecule has 0 amide bonds. The van der Waals surface area contributed by atoms with Crippen molar-refractivity contribution >= 4 is 54.1 Å². The highest BCUT2D eigenvalue weighted by Gasteiger charge is 2.38. The van der Waals surface area contributed by atoms with Crippen LogP contribution in [-0.4, -0.2) is 4.57 Å². The molecule has 0 saturated heterocycles. The molecule has 0 bridgehead atoms. The molecule has 10 aromatic carbocycles. The van der Waals surface area contributed by atoms with E-state index in [-0.39, 0.29) is 10.8 Å². The van der Waals surface area contributed by atoms with Crippen LogP contribution in [0.2, 0.25) is 0 Å². The maximum Gasteiger partial charge on any atom is 0.0544 e. The van der Waals surface area contributed by atoms with Gasteiger partial charge in [-0.05, 0) is 135 Å². The van der Waals surface area contributed by atoms with Crippen molar-refractivity contribution < 1.29 is 0 Å². The zero-order valence-corrected chi connectivity index (χ0v) is 34.8. The third kappa shape index (κ3) is 4.61. The highest BCUT2D eigenvalue weighted by molar-refractivity contribution is 6.23. The molecule has 0 atom stereocenters. The van der Waals surface area contributed by atoms with Crippen LogP contribution in [-0.2, 0) is 10.8 Å². The molecule has 61 heavy (non-hydrogen) atoms. The van der Waals surface area contributed by atoms with E-state index in [1.54, 1.807) is 0 Å². The van der Waals surface area contributed by atoms with Gasteiger partial charge in [0.1, 0.15) is 0 Å². The van der Waals surface area contributed by atoms with Gasteiger partial charge in [-0.15, -0.1) is 0 Å². The summed E-state index contributed by atoms with van der Waals surface area (Å²) in [6.07, 6.45) is 0. The Morgan fingerprint density at radius 2 is 0.738 bits per heavy atom. The molecule has 0 radical (unpaired) electrons. The van der Waals surface area contributed by atoms with E-state index in [0.29, 0.717) is 0 Å². The minimum Gasteiger partial charge on any atom is -0.309 e. The number of nitrogens with zero attached hydrogens (tertiary/aromatic N) is 1. The van der Waals surface area contributed by atoms with E-state index in [0.717, 1.165) is 0 Å². The SMILES string of the molecule is CC1(C)c2ccccc2-c2cc3c4cc5c(cc4n(-c4ccc(-c6c7ccccc7c(-c7cccc8ccccc78)c7ccccc67)cc4)c3cc21)C(C)(C)c1ccccc1-5. The quantitative estimate of drug-likeness (QED) is 0.158. The summed E-state index contributed by atoms with van der Waals surface area (Å²) in [6.45, 7) is 9.55. The van der Waals surface area contributed by atoms with E-state index in [9.17, 15) is 0 Å². The third-order valence-corrected chi connectivity index (χ3v) is 14.6. The van der Waals surface area contributed by atoms with Crippen molar-refractivity contribution in [2.75, 3.05) is 0 Å². The summed E-state index contributed by atoms with van der Waals surface area (Å²) in [7, 11) is 0. The fourth-order valence-electron chi connectivity index (χ4n) is 11.6. The summed E-state index contributed by atoms with van der Waals surface area (Å²) in [5.74, 6) is 0. The zero-order chi connectivity index (χ0) is 40.8. The second kappa shape index (κ2) is 12.2. The standard InChI is InChI=1S/C60H43N/c1-59(2)51-26-13-11-19-40(51)47-32-49-50-33-48-41-20-12-14-27-52(41)60(3,4)54(48)35-56(50)61(55(49)34-53(47)59)38-30-28-37(29-31-38)57-43-21-7-9-23-45(43)58(46-24-10-8-22-44(46)57)42-25-15-17-36-16-5-6-18-39(36)42/h5-35H,1-4H3. The van der Waals surface area contributed by atoms with E-state index >= 15 is 0 Å². The zero-order valence-electron chi connectivity index (χ0n) is 34.8. The molecule has 1 aromatic heterocycles. The summed E-state index contributed by atoms with van der Waals surface area (Å²) in [5, 5.41) is 10.2. The summed E-state index contributed by atoms with van der Waals surface area (Å²) >= 11 is 0. The lowest BCUT2D eigenvalue weighted by molar-refractivity contribution is 0.660. The van der Waals surface area contributed by atoms with Crippen LogP contribution in [0, 0.1) is 0 Å². The van der Waals surface area contributed by atoms with Crippen LogP contribution in [0.4, 0.5) is 0 Å². The van der Waals surface area contributed by atoms with E-state index < -0.39 is 0 Å². The van der Waals surface area contributed by atoms with Gasteiger partial charge in [0.25, 0.3) is 0 Å². The molecule has 1 nitrogen and oxygen atoms in total. The van der Waals surface area contributed by atoms with Crippen LogP contribution >= 0.6 is 0 Å². The van der Waals surface area contributed by atoms with Crippen LogP contribution in [0.1, 0.15) is 49.9 Å². The summed E-state index contributed by atoms with van der Waals surface area (Å²) in [4.78, 5) is 0. The lowest BCUT2D eigenvalue weighted by atomic mass is 9.82. The molecular weight excluding hydrogens is 735 g/mol. The molecule has 0 saturated carbocycles. The first-order chi connectivity index (χ1) is 29.8. The lowest BCUT2D eigenvalue weighted by Gasteiger charge is -2.22. The lowest BCUT2D eigenvalue weighted by Crippen LogP contribution is -2.15. The maximum absolute atomic E-state index is 2.55. The summed E-state index contributed by atoms with van der Waals surface area (Å²) in [5.41, 5.74) is 19.6. The Labute approximate surface area is 356 Å². The van der Waals surface area contributed by atoms with Crippen molar-refractivity contribution in [1.29, 1.82) is 0 Å². The van der Waals surface area contributed by atoms with Crippen molar-refractivity contribution in [3.05, 3.63) is 210 Å². The van der Waals surface area contributed by atoms with Crippen LogP contribution in [0.5, 0.6) is 0 Å². The first-order valence-electron chi connectivity index (χ1n) is 21.7. The molecular formula is C60H43N. The number of benzene rings is 10. The third-order valence-electron chi connectivity index (χ3n) is 14.6. The van der Waals surface area contributed by atoms with Crippen LogP contribution in [0.25, 0.3) is 104 Å². The van der Waals surface area contributed by atoms with Gasteiger partial charge < -0.3 is 4.57 Å². The van der Waals surface area contributed by atoms with Gasteiger partial charge in [-0.25, -0.2) is 0 Å². The second-order valence-corrected chi connectivity index (χ2v) is 18.4. The molecule has 0 spiro atoms. The van der Waals surface area contributed by atoms with Gasteiger partial charge in [0.05, 0.1) is 11.0 Å². The maximum atomic E-state index is 2.55. The first kappa shape index (κ1) is 34.6. The Hall–Kier alpha value is -7.22. The van der Waals surface area contributed by atoms with Crippen molar-refractivity contribution in [2.24, 2.45) is 0 Å². The molecule has 0 unspecified atom stereocenters. The Balaban J connectivity index is 1.06. The van der Waals surface area contributed by atoms with Gasteiger partial charge in [0, 0.05) is 27.3 Å². The average Bonchev–Trinajstić information content (AvgIpc) is 3.82. The number of hydrogen-bond donors (Lipinski definition) is 0. The van der Waals surface area contributed by atoms with Gasteiger partial charge in [0.2, 0.25) is 0 Å². The molecule has 2 aliphatic carbocycles. The molecule has 13 rings (SSSR count). The van der Waals surface area contributed by atoms with Gasteiger partial charge in [-0.1, -0.05) is 179 Å². The topological polar surface area (TPSA) is 4.93 Å². The predicted molar refractivity (Wildman–Crippen MR) is 259 cm³/mol. The number of aromatic nitrogens is 1. The first-order valence-corrected chi connectivity index (χ1v) is 21.7. The normalized spacial score (nSPS) is 14.5. The number of fused-ring (bicyclic) bond motifs is 12. The Morgan fingerprint density at radius 1 is 0.311 bits per heavy atom. The molecule has 288 valence electrons. The van der Waals surface area contributed by atoms with Crippen molar-refractivity contribution in [3.8, 4) is 50.2 Å². The molecule has 0 aliphatic heterocycles. The highest BCUT2D eigenvalue weighted by Crippen LogP contribution is 2.54. The van der Waals surface area contributed by atoms with Crippen molar-refractivity contribution in [1.82, 2.24) is 4.57 Å². The van der Waals surface area contributed by atoms with E-state index in [4.69, 9.17) is 0 Å². The Morgan fingerprint density at radius 3 is 1.28 bits per heavy atom. The van der Waals surface area contributed by atoms with Crippen LogP contribution < -0.4 is 0 Å².